The maximum Gasteiger partial charge on any atom is 0.423 e. The van der Waals surface area contributed by atoms with Crippen LogP contribution in [-0.2, 0) is 12.4 Å². The van der Waals surface area contributed by atoms with Gasteiger partial charge in [-0.15, -0.1) is 0 Å². The molecule has 0 bridgehead atoms. The van der Waals surface area contributed by atoms with Crippen molar-refractivity contribution >= 4 is 55.7 Å². The number of nitrogens with one attached hydrogen (secondary N) is 4. The van der Waals surface area contributed by atoms with Gasteiger partial charge in [-0.1, -0.05) is 36.4 Å². The molecule has 8 rings (SSSR count). The Hall–Kier alpha value is -7.50. The normalized spacial score (nSPS) is 11.9. The molecule has 0 saturated carbocycles. The van der Waals surface area contributed by atoms with Crippen LogP contribution in [0, 0.1) is 0 Å². The van der Waals surface area contributed by atoms with Gasteiger partial charge in [0.1, 0.15) is 33.8 Å². The van der Waals surface area contributed by atoms with Crippen LogP contribution in [0.3, 0.4) is 0 Å². The highest BCUT2D eigenvalue weighted by molar-refractivity contribution is 6.19. The van der Waals surface area contributed by atoms with Crippen molar-refractivity contribution in [3.8, 4) is 23.4 Å². The number of H-pyrrole nitrogens is 2. The molecule has 56 heavy (non-hydrogen) atoms. The Morgan fingerprint density at radius 1 is 0.571 bits per heavy atom. The first-order valence-corrected chi connectivity index (χ1v) is 16.3. The van der Waals surface area contributed by atoms with E-state index >= 15 is 0 Å². The molecule has 0 amide bonds. The van der Waals surface area contributed by atoms with E-state index in [4.69, 9.17) is 9.47 Å². The lowest BCUT2D eigenvalue weighted by atomic mass is 10.0. The summed E-state index contributed by atoms with van der Waals surface area (Å²) in [6.45, 7) is 0. The number of pyridine rings is 2. The van der Waals surface area contributed by atoms with E-state index in [1.807, 2.05) is 0 Å². The predicted molar refractivity (Wildman–Crippen MR) is 194 cm³/mol. The van der Waals surface area contributed by atoms with Crippen molar-refractivity contribution in [2.75, 3.05) is 10.6 Å². The summed E-state index contributed by atoms with van der Waals surface area (Å²) in [7, 11) is 0. The molecule has 0 atom stereocenters. The Morgan fingerprint density at radius 3 is 1.68 bits per heavy atom. The first kappa shape index (κ1) is 35.5. The van der Waals surface area contributed by atoms with Crippen molar-refractivity contribution in [1.29, 1.82) is 0 Å². The third-order valence-electron chi connectivity index (χ3n) is 8.34. The highest BCUT2D eigenvalue weighted by atomic mass is 19.4. The van der Waals surface area contributed by atoms with E-state index in [0.717, 1.165) is 0 Å². The summed E-state index contributed by atoms with van der Waals surface area (Å²) in [5.74, 6) is -1.27. The lowest BCUT2D eigenvalue weighted by molar-refractivity contribution is -0.139. The van der Waals surface area contributed by atoms with Crippen molar-refractivity contribution in [2.24, 2.45) is 0 Å². The second-order valence-electron chi connectivity index (χ2n) is 12.1. The fourth-order valence-electron chi connectivity index (χ4n) is 5.87. The molecular weight excluding hydrogens is 746 g/mol. The molecule has 4 heterocycles. The van der Waals surface area contributed by atoms with E-state index < -0.39 is 46.3 Å². The second kappa shape index (κ2) is 13.7. The first-order chi connectivity index (χ1) is 26.8. The number of benzene rings is 4. The van der Waals surface area contributed by atoms with Gasteiger partial charge in [-0.25, -0.2) is 9.97 Å². The van der Waals surface area contributed by atoms with Gasteiger partial charge in [0, 0.05) is 51.0 Å². The van der Waals surface area contributed by atoms with E-state index in [0.29, 0.717) is 17.8 Å². The highest BCUT2D eigenvalue weighted by Gasteiger charge is 2.37. The fraction of sp³-hybridized carbons (Fsp3) is 0.0526. The summed E-state index contributed by atoms with van der Waals surface area (Å²) in [6.07, 6.45) is -8.54. The zero-order valence-corrected chi connectivity index (χ0v) is 28.1. The molecule has 0 fully saturated rings. The number of para-hydroxylation sites is 2. The minimum atomic E-state index is -4.86. The summed E-state index contributed by atoms with van der Waals surface area (Å²) >= 11 is 0. The van der Waals surface area contributed by atoms with Crippen LogP contribution in [0.4, 0.5) is 49.5 Å². The molecule has 18 heteroatoms. The van der Waals surface area contributed by atoms with Crippen LogP contribution in [0.15, 0.2) is 119 Å². The quantitative estimate of drug-likeness (QED) is 0.0867. The minimum absolute atomic E-state index is 0.0903. The topological polar surface area (TPSA) is 160 Å². The molecule has 0 spiro atoms. The van der Waals surface area contributed by atoms with Gasteiger partial charge in [-0.05, 0) is 60.7 Å². The van der Waals surface area contributed by atoms with Crippen molar-refractivity contribution in [3.05, 3.63) is 141 Å². The monoisotopic (exact) mass is 768 g/mol. The third-order valence-corrected chi connectivity index (χ3v) is 8.34. The molecule has 0 aliphatic rings. The predicted octanol–water partition coefficient (Wildman–Crippen LogP) is 9.21. The van der Waals surface area contributed by atoms with Gasteiger partial charge < -0.3 is 30.1 Å². The molecular formula is C38H22F6N8O4. The van der Waals surface area contributed by atoms with Crippen molar-refractivity contribution in [1.82, 2.24) is 29.9 Å². The van der Waals surface area contributed by atoms with Gasteiger partial charge in [0.05, 0.1) is 0 Å². The Balaban J connectivity index is 1.22. The lowest BCUT2D eigenvalue weighted by Crippen LogP contribution is -2.18. The van der Waals surface area contributed by atoms with Crippen LogP contribution in [-0.4, -0.2) is 29.9 Å². The van der Waals surface area contributed by atoms with Gasteiger partial charge >= 0.3 is 18.4 Å². The first-order valence-electron chi connectivity index (χ1n) is 16.3. The van der Waals surface area contributed by atoms with Crippen LogP contribution < -0.4 is 31.2 Å². The second-order valence-corrected chi connectivity index (χ2v) is 12.1. The molecule has 0 radical (unpaired) electrons. The van der Waals surface area contributed by atoms with Crippen molar-refractivity contribution < 1.29 is 35.8 Å². The lowest BCUT2D eigenvalue weighted by Gasteiger charge is -2.15. The van der Waals surface area contributed by atoms with Gasteiger partial charge in [-0.3, -0.25) is 9.59 Å². The molecule has 4 aromatic heterocycles. The number of alkyl halides is 6. The summed E-state index contributed by atoms with van der Waals surface area (Å²) in [5, 5.41) is 5.89. The van der Waals surface area contributed by atoms with Gasteiger partial charge in [0.25, 0.3) is 11.1 Å². The summed E-state index contributed by atoms with van der Waals surface area (Å²) in [6, 6.07) is 24.3. The average molecular weight is 769 g/mol. The number of anilines is 4. The van der Waals surface area contributed by atoms with Gasteiger partial charge in [0.15, 0.2) is 0 Å². The number of hydrogen-bond donors (Lipinski definition) is 4. The zero-order chi connectivity index (χ0) is 39.2. The Bertz CT molecular complexity index is 2890. The summed E-state index contributed by atoms with van der Waals surface area (Å²) in [4.78, 5) is 47.3. The molecule has 8 aromatic rings. The van der Waals surface area contributed by atoms with Crippen LogP contribution in [0.25, 0.3) is 32.6 Å². The van der Waals surface area contributed by atoms with Gasteiger partial charge in [0.2, 0.25) is 11.8 Å². The molecule has 4 aromatic carbocycles. The molecule has 12 nitrogen and oxygen atoms in total. The maximum atomic E-state index is 14.1. The number of halogens is 6. The Kier molecular flexibility index (Phi) is 8.71. The van der Waals surface area contributed by atoms with Crippen LogP contribution >= 0.6 is 0 Å². The molecule has 0 aliphatic heterocycles. The number of aromatic nitrogens is 6. The number of nitrogens with zero attached hydrogens (tertiary/aromatic N) is 4. The van der Waals surface area contributed by atoms with Crippen molar-refractivity contribution in [2.45, 2.75) is 12.4 Å². The molecule has 280 valence electrons. The van der Waals surface area contributed by atoms with Crippen LogP contribution in [0.2, 0.25) is 0 Å². The fourth-order valence-corrected chi connectivity index (χ4v) is 5.87. The highest BCUT2D eigenvalue weighted by Crippen LogP contribution is 2.39. The Labute approximate surface area is 308 Å². The average Bonchev–Trinajstić information content (AvgIpc) is 3.15. The standard InChI is InChI=1S/C38H22F6N8O4/c39-37(40,41)25-17-46-36(56-22-9-5-2-6-10-22)51-31(25)47-19-11-13-27-23(15-19)29-24-16-20(12-14-28(24)50-33(54)30(29)32(53)49-27)48-35-45-18-26(38(42,43)44)34(52-35)55-21-7-3-1-4-8-21/h1-18H,(H,49,53)(H,50,54)(H,45,48,52)(H,46,47,51). The number of aromatic amines is 2. The summed E-state index contributed by atoms with van der Waals surface area (Å²) in [5.41, 5.74) is -3.08. The van der Waals surface area contributed by atoms with E-state index in [2.05, 4.69) is 40.5 Å². The Morgan fingerprint density at radius 2 is 1.11 bits per heavy atom. The number of ether oxygens (including phenoxy) is 2. The maximum absolute atomic E-state index is 14.1. The molecule has 4 N–H and O–H groups in total. The molecule has 0 unspecified atom stereocenters. The van der Waals surface area contributed by atoms with Gasteiger partial charge in [-0.2, -0.15) is 36.3 Å². The number of hydrogen-bond acceptors (Lipinski definition) is 10. The van der Waals surface area contributed by atoms with Crippen LogP contribution in [0.5, 0.6) is 23.4 Å². The zero-order valence-electron chi connectivity index (χ0n) is 28.1. The van der Waals surface area contributed by atoms with E-state index in [-0.39, 0.29) is 62.0 Å². The number of rotatable bonds is 8. The molecule has 0 aliphatic carbocycles. The van der Waals surface area contributed by atoms with E-state index in [1.165, 1.54) is 48.5 Å². The third kappa shape index (κ3) is 7.09. The largest absolute Gasteiger partial charge is 0.438 e. The number of fused-ring (bicyclic) bond motifs is 5. The van der Waals surface area contributed by atoms with E-state index in [9.17, 15) is 35.9 Å². The van der Waals surface area contributed by atoms with Crippen LogP contribution in [0.1, 0.15) is 11.1 Å². The smallest absolute Gasteiger partial charge is 0.423 e. The van der Waals surface area contributed by atoms with E-state index in [1.54, 1.807) is 48.5 Å². The van der Waals surface area contributed by atoms with Crippen molar-refractivity contribution in [3.63, 3.8) is 0 Å². The molecule has 0 saturated heterocycles. The summed E-state index contributed by atoms with van der Waals surface area (Å²) < 4.78 is 94.9. The minimum Gasteiger partial charge on any atom is -0.438 e. The SMILES string of the molecule is O=c1[nH]c2ccc(Nc3ncc(C(F)(F)F)c(Oc4ccccc4)n3)cc2c2c1c(=O)[nH]c1ccc(Nc3nc(Oc4ccccc4)ncc3C(F)(F)F)cc12.